The summed E-state index contributed by atoms with van der Waals surface area (Å²) in [7, 11) is 1.66. The summed E-state index contributed by atoms with van der Waals surface area (Å²) in [5, 5.41) is 6.84. The summed E-state index contributed by atoms with van der Waals surface area (Å²) >= 11 is 0. The first-order valence-electron chi connectivity index (χ1n) is 9.83. The number of hydrogen-bond acceptors (Lipinski definition) is 8. The van der Waals surface area contributed by atoms with Gasteiger partial charge in [-0.15, -0.1) is 0 Å². The summed E-state index contributed by atoms with van der Waals surface area (Å²) in [5.74, 6) is 0.285. The van der Waals surface area contributed by atoms with E-state index < -0.39 is 5.79 Å². The Bertz CT molecular complexity index is 706. The number of carbonyl (C=O) groups excluding carboxylic acids is 1. The molecule has 3 heterocycles. The van der Waals surface area contributed by atoms with E-state index in [1.165, 1.54) is 0 Å². The first-order valence-corrected chi connectivity index (χ1v) is 9.83. The highest BCUT2D eigenvalue weighted by molar-refractivity contribution is 6.40. The summed E-state index contributed by atoms with van der Waals surface area (Å²) in [4.78, 5) is 17.1. The van der Waals surface area contributed by atoms with E-state index in [9.17, 15) is 4.79 Å². The number of ketones is 1. The fourth-order valence-corrected chi connectivity index (χ4v) is 4.25. The molecule has 28 heavy (non-hydrogen) atoms. The van der Waals surface area contributed by atoms with Crippen LogP contribution in [0.4, 0.5) is 5.69 Å². The number of ether oxygens (including phenoxy) is 3. The molecule has 0 unspecified atom stereocenters. The van der Waals surface area contributed by atoms with Crippen molar-refractivity contribution in [3.63, 3.8) is 0 Å². The average Bonchev–Trinajstić information content (AvgIpc) is 3.17. The van der Waals surface area contributed by atoms with Crippen molar-refractivity contribution in [3.8, 4) is 5.75 Å². The summed E-state index contributed by atoms with van der Waals surface area (Å²) in [6.45, 7) is 7.50. The topological polar surface area (TPSA) is 66.8 Å². The van der Waals surface area contributed by atoms with Crippen molar-refractivity contribution in [2.24, 2.45) is 5.10 Å². The number of methoxy groups -OCH3 is 1. The van der Waals surface area contributed by atoms with Gasteiger partial charge in [-0.2, -0.15) is 5.10 Å². The third kappa shape index (κ3) is 3.41. The maximum Gasteiger partial charge on any atom is 0.178 e. The molecule has 0 saturated carbocycles. The standard InChI is InChI=1S/C20H28N4O4/c1-16(25)19-15-20(22-7-11-27-12-8-22,23-9-13-28-14-10-23)24(21-19)17-3-5-18(26-2)6-4-17/h3-6H,7-15H2,1-2H3. The lowest BCUT2D eigenvalue weighted by Gasteiger charge is -2.54. The maximum absolute atomic E-state index is 12.3. The number of hydrogen-bond donors (Lipinski definition) is 0. The molecule has 2 saturated heterocycles. The second-order valence-corrected chi connectivity index (χ2v) is 7.26. The van der Waals surface area contributed by atoms with Crippen LogP contribution in [0.2, 0.25) is 0 Å². The van der Waals surface area contributed by atoms with Crippen molar-refractivity contribution in [2.75, 3.05) is 64.7 Å². The van der Waals surface area contributed by atoms with Crippen molar-refractivity contribution in [3.05, 3.63) is 24.3 Å². The molecule has 0 radical (unpaired) electrons. The molecule has 0 aliphatic carbocycles. The number of anilines is 1. The zero-order chi connectivity index (χ0) is 19.6. The molecule has 3 aliphatic heterocycles. The summed E-state index contributed by atoms with van der Waals surface area (Å²) in [6, 6.07) is 7.86. The lowest BCUT2D eigenvalue weighted by Crippen LogP contribution is -2.71. The molecule has 2 fully saturated rings. The van der Waals surface area contributed by atoms with Gasteiger partial charge in [0.15, 0.2) is 11.6 Å². The van der Waals surface area contributed by atoms with Crippen LogP contribution in [0.3, 0.4) is 0 Å². The van der Waals surface area contributed by atoms with Crippen molar-refractivity contribution in [1.82, 2.24) is 9.80 Å². The molecule has 8 heteroatoms. The minimum absolute atomic E-state index is 0.0157. The Morgan fingerprint density at radius 3 is 2.00 bits per heavy atom. The lowest BCUT2D eigenvalue weighted by atomic mass is 10.0. The van der Waals surface area contributed by atoms with Gasteiger partial charge >= 0.3 is 0 Å². The van der Waals surface area contributed by atoms with E-state index >= 15 is 0 Å². The highest BCUT2D eigenvalue weighted by Crippen LogP contribution is 2.40. The Kier molecular flexibility index (Phi) is 5.63. The second-order valence-electron chi connectivity index (χ2n) is 7.26. The first-order chi connectivity index (χ1) is 13.6. The maximum atomic E-state index is 12.3. The molecular formula is C20H28N4O4. The number of carbonyl (C=O) groups is 1. The predicted molar refractivity (Wildman–Crippen MR) is 106 cm³/mol. The van der Waals surface area contributed by atoms with Crippen LogP contribution >= 0.6 is 0 Å². The minimum atomic E-state index is -0.525. The van der Waals surface area contributed by atoms with E-state index in [0.29, 0.717) is 38.6 Å². The molecule has 152 valence electrons. The Morgan fingerprint density at radius 1 is 1.00 bits per heavy atom. The Hall–Kier alpha value is -2.00. The van der Waals surface area contributed by atoms with Gasteiger partial charge in [0.25, 0.3) is 0 Å². The quantitative estimate of drug-likeness (QED) is 0.750. The second kappa shape index (κ2) is 8.16. The predicted octanol–water partition coefficient (Wildman–Crippen LogP) is 1.17. The van der Waals surface area contributed by atoms with Crippen molar-refractivity contribution in [1.29, 1.82) is 0 Å². The average molecular weight is 388 g/mol. The van der Waals surface area contributed by atoms with Crippen LogP contribution in [0.5, 0.6) is 5.75 Å². The molecule has 0 amide bonds. The fourth-order valence-electron chi connectivity index (χ4n) is 4.25. The van der Waals surface area contributed by atoms with Crippen LogP contribution in [-0.2, 0) is 14.3 Å². The minimum Gasteiger partial charge on any atom is -0.497 e. The number of hydrazone groups is 1. The van der Waals surface area contributed by atoms with Gasteiger partial charge in [0, 0.05) is 39.5 Å². The number of morpholine rings is 2. The van der Waals surface area contributed by atoms with Gasteiger partial charge in [0.1, 0.15) is 11.5 Å². The zero-order valence-corrected chi connectivity index (χ0v) is 16.6. The molecular weight excluding hydrogens is 360 g/mol. The number of rotatable bonds is 5. The summed E-state index contributed by atoms with van der Waals surface area (Å²) in [6.07, 6.45) is 0.564. The van der Waals surface area contributed by atoms with Crippen LogP contribution in [0.15, 0.2) is 29.4 Å². The smallest absolute Gasteiger partial charge is 0.178 e. The van der Waals surface area contributed by atoms with Gasteiger partial charge in [0.05, 0.1) is 39.2 Å². The van der Waals surface area contributed by atoms with E-state index in [1.807, 2.05) is 29.3 Å². The van der Waals surface area contributed by atoms with E-state index in [4.69, 9.17) is 19.3 Å². The van der Waals surface area contributed by atoms with Crippen molar-refractivity contribution >= 4 is 17.2 Å². The molecule has 4 rings (SSSR count). The van der Waals surface area contributed by atoms with E-state index in [0.717, 1.165) is 37.6 Å². The number of nitrogens with zero attached hydrogens (tertiary/aromatic N) is 4. The van der Waals surface area contributed by atoms with Crippen LogP contribution in [0.25, 0.3) is 0 Å². The lowest BCUT2D eigenvalue weighted by molar-refractivity contribution is -0.123. The normalized spacial score (nSPS) is 23.5. The zero-order valence-electron chi connectivity index (χ0n) is 16.6. The molecule has 0 atom stereocenters. The molecule has 0 bridgehead atoms. The first kappa shape index (κ1) is 19.3. The van der Waals surface area contributed by atoms with E-state index in [2.05, 4.69) is 9.80 Å². The molecule has 0 spiro atoms. The van der Waals surface area contributed by atoms with Crippen molar-refractivity contribution in [2.45, 2.75) is 19.1 Å². The van der Waals surface area contributed by atoms with Crippen molar-refractivity contribution < 1.29 is 19.0 Å². The van der Waals surface area contributed by atoms with Gasteiger partial charge < -0.3 is 14.2 Å². The SMILES string of the molecule is COc1ccc(N2N=C(C(C)=O)CC2(N2CCOCC2)N2CCOCC2)cc1. The summed E-state index contributed by atoms with van der Waals surface area (Å²) in [5.41, 5.74) is 1.55. The molecule has 0 aromatic heterocycles. The third-order valence-electron chi connectivity index (χ3n) is 5.72. The molecule has 1 aromatic carbocycles. The van der Waals surface area contributed by atoms with E-state index in [1.54, 1.807) is 14.0 Å². The monoisotopic (exact) mass is 388 g/mol. The Labute approximate surface area is 165 Å². The molecule has 3 aliphatic rings. The third-order valence-corrected chi connectivity index (χ3v) is 5.72. The highest BCUT2D eigenvalue weighted by atomic mass is 16.5. The highest BCUT2D eigenvalue weighted by Gasteiger charge is 2.53. The summed E-state index contributed by atoms with van der Waals surface area (Å²) < 4.78 is 16.5. The number of Topliss-reactive ketones (excluding diaryl/α,β-unsaturated/α-hetero) is 1. The fraction of sp³-hybridized carbons (Fsp3) is 0.600. The van der Waals surface area contributed by atoms with Gasteiger partial charge in [-0.1, -0.05) is 0 Å². The van der Waals surface area contributed by atoms with Crippen LogP contribution in [-0.4, -0.2) is 86.8 Å². The van der Waals surface area contributed by atoms with Crippen LogP contribution in [0.1, 0.15) is 13.3 Å². The van der Waals surface area contributed by atoms with Gasteiger partial charge in [-0.05, 0) is 24.3 Å². The van der Waals surface area contributed by atoms with Gasteiger partial charge in [-0.25, -0.2) is 5.01 Å². The number of benzene rings is 1. The Morgan fingerprint density at radius 2 is 1.54 bits per heavy atom. The molecule has 8 nitrogen and oxygen atoms in total. The van der Waals surface area contributed by atoms with Gasteiger partial charge in [-0.3, -0.25) is 14.6 Å². The Balaban J connectivity index is 1.78. The van der Waals surface area contributed by atoms with Gasteiger partial charge in [0.2, 0.25) is 0 Å². The van der Waals surface area contributed by atoms with Crippen LogP contribution < -0.4 is 9.75 Å². The largest absolute Gasteiger partial charge is 0.497 e. The van der Waals surface area contributed by atoms with E-state index in [-0.39, 0.29) is 5.78 Å². The van der Waals surface area contributed by atoms with Crippen LogP contribution in [0, 0.1) is 0 Å². The molecule has 0 N–H and O–H groups in total. The molecule has 1 aromatic rings.